The van der Waals surface area contributed by atoms with Gasteiger partial charge in [0, 0.05) is 10.3 Å². The van der Waals surface area contributed by atoms with Crippen molar-refractivity contribution in [1.29, 1.82) is 0 Å². The summed E-state index contributed by atoms with van der Waals surface area (Å²) in [6.45, 7) is 4.26. The quantitative estimate of drug-likeness (QED) is 0.745. The van der Waals surface area contributed by atoms with Gasteiger partial charge in [-0.3, -0.25) is 0 Å². The van der Waals surface area contributed by atoms with Crippen molar-refractivity contribution in [3.05, 3.63) is 46.2 Å². The molecule has 1 aromatic carbocycles. The van der Waals surface area contributed by atoms with Gasteiger partial charge in [-0.15, -0.1) is 23.1 Å². The standard InChI is InChI=1S/C13H14FNS2/c1-9(2)11-7-17-13(15-11)8-16-12-6-4-3-5-10(12)14/h3-7,9H,8H2,1-2H3. The minimum Gasteiger partial charge on any atom is -0.245 e. The first kappa shape index (κ1) is 12.6. The van der Waals surface area contributed by atoms with Gasteiger partial charge < -0.3 is 0 Å². The molecule has 1 aromatic heterocycles. The number of halogens is 1. The van der Waals surface area contributed by atoms with Gasteiger partial charge in [0.15, 0.2) is 0 Å². The van der Waals surface area contributed by atoms with Crippen molar-refractivity contribution >= 4 is 23.1 Å². The second kappa shape index (κ2) is 5.65. The minimum absolute atomic E-state index is 0.155. The van der Waals surface area contributed by atoms with Gasteiger partial charge in [0.05, 0.1) is 11.4 Å². The van der Waals surface area contributed by atoms with Crippen LogP contribution < -0.4 is 0 Å². The highest BCUT2D eigenvalue weighted by molar-refractivity contribution is 7.98. The average Bonchev–Trinajstić information content (AvgIpc) is 2.77. The van der Waals surface area contributed by atoms with Gasteiger partial charge in [-0.05, 0) is 18.1 Å². The van der Waals surface area contributed by atoms with Crippen molar-refractivity contribution in [3.8, 4) is 0 Å². The molecule has 0 spiro atoms. The molecule has 0 fully saturated rings. The van der Waals surface area contributed by atoms with Gasteiger partial charge in [-0.2, -0.15) is 0 Å². The van der Waals surface area contributed by atoms with E-state index in [0.717, 1.165) is 16.5 Å². The fourth-order valence-electron chi connectivity index (χ4n) is 1.36. The zero-order valence-corrected chi connectivity index (χ0v) is 11.4. The maximum Gasteiger partial charge on any atom is 0.136 e. The van der Waals surface area contributed by atoms with Crippen LogP contribution >= 0.6 is 23.1 Å². The van der Waals surface area contributed by atoms with E-state index < -0.39 is 0 Å². The van der Waals surface area contributed by atoms with Gasteiger partial charge in [0.25, 0.3) is 0 Å². The lowest BCUT2D eigenvalue weighted by molar-refractivity contribution is 0.602. The van der Waals surface area contributed by atoms with Crippen LogP contribution in [0.25, 0.3) is 0 Å². The Morgan fingerprint density at radius 2 is 2.12 bits per heavy atom. The van der Waals surface area contributed by atoms with Gasteiger partial charge in [-0.1, -0.05) is 26.0 Å². The molecule has 17 heavy (non-hydrogen) atoms. The molecule has 0 atom stereocenters. The summed E-state index contributed by atoms with van der Waals surface area (Å²) in [6.07, 6.45) is 0. The van der Waals surface area contributed by atoms with Gasteiger partial charge in [-0.25, -0.2) is 9.37 Å². The molecule has 0 aliphatic heterocycles. The normalized spacial score (nSPS) is 11.1. The van der Waals surface area contributed by atoms with Crippen molar-refractivity contribution in [3.63, 3.8) is 0 Å². The summed E-state index contributed by atoms with van der Waals surface area (Å²) in [7, 11) is 0. The van der Waals surface area contributed by atoms with Crippen LogP contribution in [0.5, 0.6) is 0 Å². The molecule has 2 aromatic rings. The van der Waals surface area contributed by atoms with Crippen LogP contribution in [-0.2, 0) is 5.75 Å². The van der Waals surface area contributed by atoms with E-state index in [0.29, 0.717) is 10.8 Å². The lowest BCUT2D eigenvalue weighted by Crippen LogP contribution is -1.88. The van der Waals surface area contributed by atoms with Crippen LogP contribution in [0.4, 0.5) is 4.39 Å². The molecule has 2 rings (SSSR count). The third-order valence-corrected chi connectivity index (χ3v) is 4.46. The number of hydrogen-bond acceptors (Lipinski definition) is 3. The molecule has 0 radical (unpaired) electrons. The second-order valence-corrected chi connectivity index (χ2v) is 6.00. The maximum absolute atomic E-state index is 13.4. The number of hydrogen-bond donors (Lipinski definition) is 0. The van der Waals surface area contributed by atoms with Crippen LogP contribution in [0, 0.1) is 5.82 Å². The highest BCUT2D eigenvalue weighted by Crippen LogP contribution is 2.27. The van der Waals surface area contributed by atoms with E-state index in [1.807, 2.05) is 6.07 Å². The van der Waals surface area contributed by atoms with E-state index in [2.05, 4.69) is 24.2 Å². The summed E-state index contributed by atoms with van der Waals surface area (Å²) in [4.78, 5) is 5.22. The third kappa shape index (κ3) is 3.30. The molecule has 0 amide bonds. The Labute approximate surface area is 109 Å². The average molecular weight is 267 g/mol. The fraction of sp³-hybridized carbons (Fsp3) is 0.308. The lowest BCUT2D eigenvalue weighted by atomic mass is 10.2. The molecule has 1 nitrogen and oxygen atoms in total. The Bertz CT molecular complexity index is 494. The molecule has 0 aliphatic rings. The molecule has 0 saturated heterocycles. The van der Waals surface area contributed by atoms with Crippen LogP contribution in [0.3, 0.4) is 0 Å². The van der Waals surface area contributed by atoms with E-state index >= 15 is 0 Å². The smallest absolute Gasteiger partial charge is 0.136 e. The Kier molecular flexibility index (Phi) is 4.18. The number of benzene rings is 1. The van der Waals surface area contributed by atoms with Crippen LogP contribution in [-0.4, -0.2) is 4.98 Å². The molecule has 0 N–H and O–H groups in total. The van der Waals surface area contributed by atoms with Gasteiger partial charge >= 0.3 is 0 Å². The summed E-state index contributed by atoms with van der Waals surface area (Å²) >= 11 is 3.15. The summed E-state index contributed by atoms with van der Waals surface area (Å²) in [5.41, 5.74) is 1.12. The first-order valence-electron chi connectivity index (χ1n) is 5.48. The Hall–Kier alpha value is -0.870. The topological polar surface area (TPSA) is 12.9 Å². The molecule has 0 unspecified atom stereocenters. The number of thiazole rings is 1. The Morgan fingerprint density at radius 1 is 1.35 bits per heavy atom. The van der Waals surface area contributed by atoms with E-state index in [1.54, 1.807) is 23.5 Å². The zero-order valence-electron chi connectivity index (χ0n) is 9.81. The van der Waals surface area contributed by atoms with Crippen LogP contribution in [0.2, 0.25) is 0 Å². The van der Waals surface area contributed by atoms with Crippen molar-refractivity contribution in [2.45, 2.75) is 30.4 Å². The first-order valence-corrected chi connectivity index (χ1v) is 7.35. The molecule has 1 heterocycles. The van der Waals surface area contributed by atoms with Crippen LogP contribution in [0.15, 0.2) is 34.5 Å². The fourth-order valence-corrected chi connectivity index (χ4v) is 3.27. The number of nitrogens with zero attached hydrogens (tertiary/aromatic N) is 1. The summed E-state index contributed by atoms with van der Waals surface area (Å²) in [6, 6.07) is 6.85. The van der Waals surface area contributed by atoms with Crippen molar-refractivity contribution < 1.29 is 4.39 Å². The highest BCUT2D eigenvalue weighted by atomic mass is 32.2. The van der Waals surface area contributed by atoms with Crippen LogP contribution in [0.1, 0.15) is 30.5 Å². The van der Waals surface area contributed by atoms with E-state index in [-0.39, 0.29) is 5.82 Å². The van der Waals surface area contributed by atoms with Crippen molar-refractivity contribution in [2.75, 3.05) is 0 Å². The van der Waals surface area contributed by atoms with Gasteiger partial charge in [0.2, 0.25) is 0 Å². The van der Waals surface area contributed by atoms with E-state index in [1.165, 1.54) is 17.8 Å². The Balaban J connectivity index is 2.00. The van der Waals surface area contributed by atoms with E-state index in [9.17, 15) is 4.39 Å². The largest absolute Gasteiger partial charge is 0.245 e. The molecule has 0 aliphatic carbocycles. The molecule has 0 bridgehead atoms. The van der Waals surface area contributed by atoms with Crippen molar-refractivity contribution in [2.24, 2.45) is 0 Å². The predicted molar refractivity (Wildman–Crippen MR) is 72.2 cm³/mol. The minimum atomic E-state index is -0.155. The molecule has 4 heteroatoms. The van der Waals surface area contributed by atoms with E-state index in [4.69, 9.17) is 0 Å². The Morgan fingerprint density at radius 3 is 2.76 bits per heavy atom. The molecular formula is C13H14FNS2. The monoisotopic (exact) mass is 267 g/mol. The second-order valence-electron chi connectivity index (χ2n) is 4.04. The SMILES string of the molecule is CC(C)c1csc(CSc2ccccc2F)n1. The molecule has 90 valence electrons. The number of thioether (sulfide) groups is 1. The summed E-state index contributed by atoms with van der Waals surface area (Å²) in [5, 5.41) is 3.14. The highest BCUT2D eigenvalue weighted by Gasteiger charge is 2.07. The number of aromatic nitrogens is 1. The summed E-state index contributed by atoms with van der Waals surface area (Å²) in [5.74, 6) is 1.04. The first-order chi connectivity index (χ1) is 8.16. The predicted octanol–water partition coefficient (Wildman–Crippen LogP) is 4.70. The maximum atomic E-state index is 13.4. The van der Waals surface area contributed by atoms with Crippen molar-refractivity contribution in [1.82, 2.24) is 4.98 Å². The molecule has 0 saturated carbocycles. The third-order valence-electron chi connectivity index (χ3n) is 2.35. The zero-order chi connectivity index (χ0) is 12.3. The lowest BCUT2D eigenvalue weighted by Gasteiger charge is -2.00. The number of rotatable bonds is 4. The summed E-state index contributed by atoms with van der Waals surface area (Å²) < 4.78 is 13.4. The van der Waals surface area contributed by atoms with Gasteiger partial charge in [0.1, 0.15) is 10.8 Å². The molecular weight excluding hydrogens is 253 g/mol.